The first-order valence-electron chi connectivity index (χ1n) is 10.2. The molecule has 1 aliphatic carbocycles. The molecule has 3 heterocycles. The number of fused-ring (bicyclic) bond motifs is 1. The molecule has 3 atom stereocenters. The van der Waals surface area contributed by atoms with E-state index in [-0.39, 0.29) is 41.8 Å². The van der Waals surface area contributed by atoms with Crippen molar-refractivity contribution in [3.05, 3.63) is 0 Å². The second-order valence-corrected chi connectivity index (χ2v) is 8.31. The third-order valence-electron chi connectivity index (χ3n) is 6.32. The van der Waals surface area contributed by atoms with Gasteiger partial charge in [-0.2, -0.15) is 0 Å². The highest BCUT2D eigenvalue weighted by Gasteiger charge is 2.44. The van der Waals surface area contributed by atoms with Crippen LogP contribution in [0.5, 0.6) is 0 Å². The number of nitrogens with one attached hydrogen (secondary N) is 2. The van der Waals surface area contributed by atoms with Crippen molar-refractivity contribution in [3.63, 3.8) is 0 Å². The van der Waals surface area contributed by atoms with E-state index in [2.05, 4.69) is 15.5 Å². The van der Waals surface area contributed by atoms with Crippen molar-refractivity contribution in [2.75, 3.05) is 26.2 Å². The van der Waals surface area contributed by atoms with Crippen LogP contribution in [0.1, 0.15) is 51.4 Å². The van der Waals surface area contributed by atoms with Crippen molar-refractivity contribution in [3.8, 4) is 0 Å². The van der Waals surface area contributed by atoms with Crippen LogP contribution in [0.4, 0.5) is 0 Å². The van der Waals surface area contributed by atoms with E-state index in [1.165, 1.54) is 6.42 Å². The standard InChI is InChI=1S/C19H30N4O3/c24-17(22-8-2-1-3-9-22)7-6-15-11-20-19(26)16-10-14(12-23(15)16)21-18(25)13-4-5-13/h13-16H,1-12H2,(H,20,26)(H,21,25)/t14-,15+,16-/m0/s1. The number of piperazine rings is 1. The second kappa shape index (κ2) is 7.55. The van der Waals surface area contributed by atoms with E-state index in [0.29, 0.717) is 19.4 Å². The fourth-order valence-corrected chi connectivity index (χ4v) is 4.60. The highest BCUT2D eigenvalue weighted by Crippen LogP contribution is 2.31. The number of rotatable bonds is 5. The van der Waals surface area contributed by atoms with Crippen LogP contribution in [0.2, 0.25) is 0 Å². The first kappa shape index (κ1) is 17.8. The Kier molecular flexibility index (Phi) is 5.16. The van der Waals surface area contributed by atoms with E-state index in [1.54, 1.807) is 0 Å². The maximum absolute atomic E-state index is 12.5. The number of carbonyl (C=O) groups excluding carboxylic acids is 3. The average Bonchev–Trinajstić information content (AvgIpc) is 3.42. The molecule has 144 valence electrons. The average molecular weight is 362 g/mol. The Labute approximate surface area is 154 Å². The molecule has 0 unspecified atom stereocenters. The molecule has 7 nitrogen and oxygen atoms in total. The molecule has 2 N–H and O–H groups in total. The molecule has 0 aromatic heterocycles. The summed E-state index contributed by atoms with van der Waals surface area (Å²) in [6.45, 7) is 3.11. The zero-order valence-electron chi connectivity index (χ0n) is 15.4. The molecule has 3 saturated heterocycles. The van der Waals surface area contributed by atoms with Gasteiger partial charge in [0.25, 0.3) is 0 Å². The van der Waals surface area contributed by atoms with Crippen molar-refractivity contribution in [1.29, 1.82) is 0 Å². The smallest absolute Gasteiger partial charge is 0.237 e. The Morgan fingerprint density at radius 2 is 1.92 bits per heavy atom. The Balaban J connectivity index is 1.31. The number of piperidine rings is 1. The lowest BCUT2D eigenvalue weighted by atomic mass is 10.0. The summed E-state index contributed by atoms with van der Waals surface area (Å²) in [4.78, 5) is 40.9. The van der Waals surface area contributed by atoms with Crippen molar-refractivity contribution < 1.29 is 14.4 Å². The van der Waals surface area contributed by atoms with Gasteiger partial charge >= 0.3 is 0 Å². The van der Waals surface area contributed by atoms with E-state index < -0.39 is 0 Å². The molecule has 26 heavy (non-hydrogen) atoms. The topological polar surface area (TPSA) is 81.8 Å². The van der Waals surface area contributed by atoms with Crippen LogP contribution in [-0.4, -0.2) is 71.8 Å². The van der Waals surface area contributed by atoms with Crippen LogP contribution in [0, 0.1) is 5.92 Å². The maximum atomic E-state index is 12.5. The molecule has 4 rings (SSSR count). The van der Waals surface area contributed by atoms with Gasteiger partial charge in [0.2, 0.25) is 17.7 Å². The molecule has 0 bridgehead atoms. The molecular weight excluding hydrogens is 332 g/mol. The first-order chi connectivity index (χ1) is 12.6. The summed E-state index contributed by atoms with van der Waals surface area (Å²) >= 11 is 0. The number of likely N-dealkylation sites (tertiary alicyclic amines) is 1. The highest BCUT2D eigenvalue weighted by atomic mass is 16.2. The summed E-state index contributed by atoms with van der Waals surface area (Å²) in [5, 5.41) is 6.12. The normalized spacial score (nSPS) is 32.1. The van der Waals surface area contributed by atoms with E-state index in [4.69, 9.17) is 0 Å². The molecule has 4 fully saturated rings. The van der Waals surface area contributed by atoms with Crippen molar-refractivity contribution >= 4 is 17.7 Å². The van der Waals surface area contributed by atoms with Crippen LogP contribution in [0.25, 0.3) is 0 Å². The summed E-state index contributed by atoms with van der Waals surface area (Å²) < 4.78 is 0. The largest absolute Gasteiger partial charge is 0.353 e. The number of carbonyl (C=O) groups is 3. The van der Waals surface area contributed by atoms with Gasteiger partial charge in [-0.15, -0.1) is 0 Å². The minimum absolute atomic E-state index is 0.0530. The van der Waals surface area contributed by atoms with Crippen molar-refractivity contribution in [1.82, 2.24) is 20.4 Å². The molecule has 0 radical (unpaired) electrons. The number of nitrogens with zero attached hydrogens (tertiary/aromatic N) is 2. The minimum atomic E-state index is -0.164. The van der Waals surface area contributed by atoms with Gasteiger partial charge in [0.05, 0.1) is 6.04 Å². The highest BCUT2D eigenvalue weighted by molar-refractivity contribution is 5.84. The third-order valence-corrected chi connectivity index (χ3v) is 6.32. The second-order valence-electron chi connectivity index (χ2n) is 8.31. The van der Waals surface area contributed by atoms with Crippen LogP contribution >= 0.6 is 0 Å². The monoisotopic (exact) mass is 362 g/mol. The SMILES string of the molecule is O=C(N[C@H]1C[C@H]2C(=O)NC[C@@H](CCC(=O)N3CCCCC3)N2C1)C1CC1. The summed E-state index contributed by atoms with van der Waals surface area (Å²) in [6.07, 6.45) is 7.44. The van der Waals surface area contributed by atoms with Crippen LogP contribution in [0.3, 0.4) is 0 Å². The maximum Gasteiger partial charge on any atom is 0.237 e. The van der Waals surface area contributed by atoms with Gasteiger partial charge in [-0.1, -0.05) is 0 Å². The van der Waals surface area contributed by atoms with E-state index in [9.17, 15) is 14.4 Å². The van der Waals surface area contributed by atoms with E-state index in [1.807, 2.05) is 4.90 Å². The predicted octanol–water partition coefficient (Wildman–Crippen LogP) is 0.247. The predicted molar refractivity (Wildman–Crippen MR) is 96.2 cm³/mol. The quantitative estimate of drug-likeness (QED) is 0.734. The molecule has 3 amide bonds. The van der Waals surface area contributed by atoms with Gasteiger partial charge in [0.1, 0.15) is 0 Å². The Hall–Kier alpha value is -1.63. The molecule has 1 saturated carbocycles. The minimum Gasteiger partial charge on any atom is -0.353 e. The molecular formula is C19H30N4O3. The van der Waals surface area contributed by atoms with Crippen molar-refractivity contribution in [2.45, 2.75) is 69.5 Å². The Morgan fingerprint density at radius 3 is 2.65 bits per heavy atom. The van der Waals surface area contributed by atoms with Gasteiger partial charge in [-0.3, -0.25) is 19.3 Å². The number of amides is 3. The lowest BCUT2D eigenvalue weighted by Gasteiger charge is -2.37. The third kappa shape index (κ3) is 3.87. The summed E-state index contributed by atoms with van der Waals surface area (Å²) in [5.41, 5.74) is 0. The fraction of sp³-hybridized carbons (Fsp3) is 0.842. The summed E-state index contributed by atoms with van der Waals surface area (Å²) in [5.74, 6) is 0.647. The summed E-state index contributed by atoms with van der Waals surface area (Å²) in [7, 11) is 0. The zero-order valence-corrected chi connectivity index (χ0v) is 15.4. The zero-order chi connectivity index (χ0) is 18.1. The van der Waals surface area contributed by atoms with E-state index >= 15 is 0 Å². The first-order valence-corrected chi connectivity index (χ1v) is 10.2. The van der Waals surface area contributed by atoms with Gasteiger partial charge in [0.15, 0.2) is 0 Å². The van der Waals surface area contributed by atoms with E-state index in [0.717, 1.165) is 51.7 Å². The van der Waals surface area contributed by atoms with Gasteiger partial charge in [0, 0.05) is 50.6 Å². The Morgan fingerprint density at radius 1 is 1.15 bits per heavy atom. The van der Waals surface area contributed by atoms with Crippen molar-refractivity contribution in [2.24, 2.45) is 5.92 Å². The molecule has 3 aliphatic heterocycles. The van der Waals surface area contributed by atoms with Crippen LogP contribution < -0.4 is 10.6 Å². The van der Waals surface area contributed by atoms with Crippen LogP contribution in [0.15, 0.2) is 0 Å². The number of hydrogen-bond acceptors (Lipinski definition) is 4. The summed E-state index contributed by atoms with van der Waals surface area (Å²) in [6, 6.07) is 0.0786. The molecule has 0 spiro atoms. The number of hydrogen-bond donors (Lipinski definition) is 2. The van der Waals surface area contributed by atoms with Gasteiger partial charge in [-0.25, -0.2) is 0 Å². The van der Waals surface area contributed by atoms with Gasteiger partial charge in [-0.05, 0) is 44.9 Å². The molecule has 0 aromatic carbocycles. The fourth-order valence-electron chi connectivity index (χ4n) is 4.60. The lowest BCUT2D eigenvalue weighted by molar-refractivity contribution is -0.133. The lowest BCUT2D eigenvalue weighted by Crippen LogP contribution is -2.58. The Bertz CT molecular complexity index is 571. The van der Waals surface area contributed by atoms with Gasteiger partial charge < -0.3 is 15.5 Å². The molecule has 4 aliphatic rings. The molecule has 7 heteroatoms. The van der Waals surface area contributed by atoms with Crippen LogP contribution in [-0.2, 0) is 14.4 Å². The molecule has 0 aromatic rings.